The SMILES string of the molecule is O=C([C](=[Zr+2])C(=O)c1ccccc1)c1ccccc1. The molecule has 0 fully saturated rings. The summed E-state index contributed by atoms with van der Waals surface area (Å²) in [4.78, 5) is 24.2. The Labute approximate surface area is 120 Å². The molecule has 0 aliphatic carbocycles. The molecule has 0 atom stereocenters. The van der Waals surface area contributed by atoms with Gasteiger partial charge in [0.2, 0.25) is 0 Å². The molecule has 0 aromatic heterocycles. The third kappa shape index (κ3) is 2.86. The van der Waals surface area contributed by atoms with E-state index >= 15 is 0 Å². The van der Waals surface area contributed by atoms with E-state index in [0.29, 0.717) is 14.3 Å². The third-order valence-electron chi connectivity index (χ3n) is 2.53. The van der Waals surface area contributed by atoms with Crippen LogP contribution in [0.4, 0.5) is 0 Å². The van der Waals surface area contributed by atoms with Gasteiger partial charge in [-0.25, -0.2) is 0 Å². The van der Waals surface area contributed by atoms with Gasteiger partial charge in [0.05, 0.1) is 0 Å². The summed E-state index contributed by atoms with van der Waals surface area (Å²) in [6.45, 7) is 0. The van der Waals surface area contributed by atoms with Crippen molar-refractivity contribution in [3.63, 3.8) is 0 Å². The van der Waals surface area contributed by atoms with E-state index < -0.39 is 0 Å². The zero-order valence-corrected chi connectivity index (χ0v) is 12.0. The Bertz CT molecular complexity index is 535. The molecule has 3 heteroatoms. The minimum atomic E-state index is -0.178. The fourth-order valence-corrected chi connectivity index (χ4v) is 2.28. The Balaban J connectivity index is 2.23. The first-order valence-corrected chi connectivity index (χ1v) is 6.71. The van der Waals surface area contributed by atoms with Crippen LogP contribution in [-0.4, -0.2) is 14.8 Å². The minimum absolute atomic E-state index is 0.178. The number of carbonyl (C=O) groups is 2. The number of rotatable bonds is 4. The number of hydrogen-bond donors (Lipinski definition) is 0. The first kappa shape index (κ1) is 13.0. The molecule has 0 radical (unpaired) electrons. The molecular formula is C15H10O2Zr+2. The predicted molar refractivity (Wildman–Crippen MR) is 66.6 cm³/mol. The molecule has 0 saturated carbocycles. The van der Waals surface area contributed by atoms with Crippen LogP contribution in [0.15, 0.2) is 60.7 Å². The fourth-order valence-electron chi connectivity index (χ4n) is 1.57. The maximum absolute atomic E-state index is 12.1. The van der Waals surface area contributed by atoms with Crippen molar-refractivity contribution in [2.45, 2.75) is 0 Å². The average Bonchev–Trinajstić information content (AvgIpc) is 2.47. The van der Waals surface area contributed by atoms with Crippen LogP contribution in [0.1, 0.15) is 20.7 Å². The van der Waals surface area contributed by atoms with Crippen LogP contribution < -0.4 is 0 Å². The number of benzene rings is 2. The third-order valence-corrected chi connectivity index (χ3v) is 3.64. The van der Waals surface area contributed by atoms with Crippen molar-refractivity contribution in [3.05, 3.63) is 71.8 Å². The van der Waals surface area contributed by atoms with Gasteiger partial charge in [0.15, 0.2) is 0 Å². The van der Waals surface area contributed by atoms with Crippen molar-refractivity contribution in [2.75, 3.05) is 0 Å². The monoisotopic (exact) mass is 312 g/mol. The van der Waals surface area contributed by atoms with Gasteiger partial charge in [-0.1, -0.05) is 0 Å². The zero-order valence-electron chi connectivity index (χ0n) is 9.59. The molecule has 84 valence electrons. The second-order valence-electron chi connectivity index (χ2n) is 3.77. The Morgan fingerprint density at radius 1 is 0.667 bits per heavy atom. The van der Waals surface area contributed by atoms with Gasteiger partial charge in [0, 0.05) is 0 Å². The summed E-state index contributed by atoms with van der Waals surface area (Å²) >= 11 is 0.842. The van der Waals surface area contributed by atoms with E-state index in [1.807, 2.05) is 12.1 Å². The molecule has 0 bridgehead atoms. The van der Waals surface area contributed by atoms with Gasteiger partial charge < -0.3 is 0 Å². The fraction of sp³-hybridized carbons (Fsp3) is 0. The molecule has 0 N–H and O–H groups in total. The molecule has 0 aliphatic rings. The topological polar surface area (TPSA) is 34.1 Å². The van der Waals surface area contributed by atoms with E-state index in [0.717, 1.165) is 24.2 Å². The molecule has 0 aliphatic heterocycles. The van der Waals surface area contributed by atoms with Gasteiger partial charge in [-0.2, -0.15) is 0 Å². The van der Waals surface area contributed by atoms with Gasteiger partial charge in [0.25, 0.3) is 0 Å². The summed E-state index contributed by atoms with van der Waals surface area (Å²) < 4.78 is 0.333. The van der Waals surface area contributed by atoms with Crippen LogP contribution >= 0.6 is 0 Å². The van der Waals surface area contributed by atoms with Crippen LogP contribution in [0.5, 0.6) is 0 Å². The van der Waals surface area contributed by atoms with E-state index in [9.17, 15) is 9.59 Å². The summed E-state index contributed by atoms with van der Waals surface area (Å²) in [5, 5.41) is 0. The van der Waals surface area contributed by atoms with Gasteiger partial charge in [-0.05, 0) is 0 Å². The molecule has 0 unspecified atom stereocenters. The molecule has 18 heavy (non-hydrogen) atoms. The first-order chi connectivity index (χ1) is 8.70. The molecular weight excluding hydrogens is 303 g/mol. The number of carbonyl (C=O) groups excluding carboxylic acids is 2. The Hall–Kier alpha value is -1.47. The molecule has 2 aromatic rings. The normalized spacial score (nSPS) is 9.89. The van der Waals surface area contributed by atoms with E-state index in [4.69, 9.17) is 0 Å². The summed E-state index contributed by atoms with van der Waals surface area (Å²) in [7, 11) is 0. The molecule has 0 spiro atoms. The summed E-state index contributed by atoms with van der Waals surface area (Å²) in [5.41, 5.74) is 1.13. The van der Waals surface area contributed by atoms with Crippen molar-refractivity contribution in [1.29, 1.82) is 0 Å². The molecule has 2 rings (SSSR count). The van der Waals surface area contributed by atoms with Gasteiger partial charge in [-0.15, -0.1) is 0 Å². The van der Waals surface area contributed by atoms with Gasteiger partial charge in [0.1, 0.15) is 0 Å². The van der Waals surface area contributed by atoms with E-state index in [1.54, 1.807) is 48.5 Å². The van der Waals surface area contributed by atoms with Crippen molar-refractivity contribution < 1.29 is 33.8 Å². The second-order valence-corrected chi connectivity index (χ2v) is 4.99. The van der Waals surface area contributed by atoms with Crippen LogP contribution in [0.25, 0.3) is 0 Å². The number of Topliss-reactive ketones (excluding diaryl/α,β-unsaturated/α-hetero) is 2. The van der Waals surface area contributed by atoms with Crippen molar-refractivity contribution in [1.82, 2.24) is 0 Å². The van der Waals surface area contributed by atoms with Crippen LogP contribution in [0.2, 0.25) is 0 Å². The molecule has 2 nitrogen and oxygen atoms in total. The average molecular weight is 313 g/mol. The van der Waals surface area contributed by atoms with Crippen LogP contribution in [0, 0.1) is 0 Å². The van der Waals surface area contributed by atoms with Crippen molar-refractivity contribution in [2.24, 2.45) is 0 Å². The molecule has 0 saturated heterocycles. The first-order valence-electron chi connectivity index (χ1n) is 5.48. The van der Waals surface area contributed by atoms with Crippen molar-refractivity contribution in [3.8, 4) is 0 Å². The van der Waals surface area contributed by atoms with Gasteiger partial charge in [-0.3, -0.25) is 0 Å². The summed E-state index contributed by atoms with van der Waals surface area (Å²) in [5.74, 6) is -0.356. The Morgan fingerprint density at radius 3 is 1.33 bits per heavy atom. The predicted octanol–water partition coefficient (Wildman–Crippen LogP) is 2.47. The Morgan fingerprint density at radius 2 is 1.00 bits per heavy atom. The summed E-state index contributed by atoms with van der Waals surface area (Å²) in [6, 6.07) is 17.8. The van der Waals surface area contributed by atoms with Crippen molar-refractivity contribution >= 4 is 14.8 Å². The maximum atomic E-state index is 12.1. The molecule has 0 amide bonds. The molecule has 2 aromatic carbocycles. The van der Waals surface area contributed by atoms with E-state index in [1.165, 1.54) is 0 Å². The molecule has 0 heterocycles. The van der Waals surface area contributed by atoms with Crippen LogP contribution in [-0.2, 0) is 24.2 Å². The summed E-state index contributed by atoms with van der Waals surface area (Å²) in [6.07, 6.45) is 0. The zero-order chi connectivity index (χ0) is 13.0. The van der Waals surface area contributed by atoms with E-state index in [-0.39, 0.29) is 11.6 Å². The quantitative estimate of drug-likeness (QED) is 0.642. The van der Waals surface area contributed by atoms with E-state index in [2.05, 4.69) is 0 Å². The standard InChI is InChI=1S/C15H10O2.Zr/c16-14(12-7-3-1-4-8-12)11-15(17)13-9-5-2-6-10-13;/h1-10H;/q;+2. The number of ketones is 2. The second kappa shape index (κ2) is 5.92. The Kier molecular flexibility index (Phi) is 4.27. The van der Waals surface area contributed by atoms with Crippen LogP contribution in [0.3, 0.4) is 0 Å². The van der Waals surface area contributed by atoms with Gasteiger partial charge >= 0.3 is 120 Å². The number of hydrogen-bond acceptors (Lipinski definition) is 2.